The van der Waals surface area contributed by atoms with Crippen LogP contribution in [0.15, 0.2) is 65.1 Å². The number of halogens is 3. The van der Waals surface area contributed by atoms with Crippen molar-refractivity contribution in [2.75, 3.05) is 6.54 Å². The summed E-state index contributed by atoms with van der Waals surface area (Å²) in [5, 5.41) is 13.7. The third-order valence-electron chi connectivity index (χ3n) is 5.63. The van der Waals surface area contributed by atoms with E-state index < -0.39 is 28.9 Å². The van der Waals surface area contributed by atoms with Crippen LogP contribution >= 0.6 is 0 Å². The first-order chi connectivity index (χ1) is 17.6. The predicted octanol–water partition coefficient (Wildman–Crippen LogP) is 5.37. The normalized spacial score (nSPS) is 11.3. The van der Waals surface area contributed by atoms with Gasteiger partial charge in [-0.25, -0.2) is 13.2 Å². The zero-order chi connectivity index (χ0) is 26.7. The van der Waals surface area contributed by atoms with E-state index in [9.17, 15) is 27.9 Å². The molecule has 4 aromatic rings. The monoisotopic (exact) mass is 507 g/mol. The van der Waals surface area contributed by atoms with Crippen LogP contribution in [-0.2, 0) is 6.54 Å². The summed E-state index contributed by atoms with van der Waals surface area (Å²) in [6.07, 6.45) is 6.77. The molecule has 37 heavy (non-hydrogen) atoms. The summed E-state index contributed by atoms with van der Waals surface area (Å²) in [6, 6.07) is 10.1. The topological polar surface area (TPSA) is 87.1 Å². The molecule has 0 radical (unpaired) electrons. The highest BCUT2D eigenvalue weighted by Crippen LogP contribution is 2.30. The van der Waals surface area contributed by atoms with E-state index in [1.165, 1.54) is 18.3 Å². The first-order valence-corrected chi connectivity index (χ1v) is 11.4. The van der Waals surface area contributed by atoms with Crippen LogP contribution in [-0.4, -0.2) is 27.1 Å². The molecule has 4 rings (SSSR count). The van der Waals surface area contributed by atoms with Crippen molar-refractivity contribution in [3.8, 4) is 5.88 Å². The number of hydrogen-bond acceptors (Lipinski definition) is 3. The molecule has 6 nitrogen and oxygen atoms in total. The minimum absolute atomic E-state index is 0.0410. The number of carbonyl (C=O) groups excluding carboxylic acids is 1. The highest BCUT2D eigenvalue weighted by atomic mass is 19.2. The largest absolute Gasteiger partial charge is 0.494 e. The Labute approximate surface area is 210 Å². The number of fused-ring (bicyclic) bond motifs is 1. The molecule has 0 aliphatic rings. The summed E-state index contributed by atoms with van der Waals surface area (Å²) in [7, 11) is 0. The average molecular weight is 508 g/mol. The molecule has 9 heteroatoms. The Morgan fingerprint density at radius 1 is 1.11 bits per heavy atom. The summed E-state index contributed by atoms with van der Waals surface area (Å²) >= 11 is 0. The van der Waals surface area contributed by atoms with E-state index in [0.29, 0.717) is 0 Å². The van der Waals surface area contributed by atoms with Gasteiger partial charge < -0.3 is 20.0 Å². The average Bonchev–Trinajstić information content (AvgIpc) is 3.15. The van der Waals surface area contributed by atoms with Gasteiger partial charge in [-0.2, -0.15) is 0 Å². The fourth-order valence-electron chi connectivity index (χ4n) is 3.93. The smallest absolute Gasteiger partial charge is 0.263 e. The summed E-state index contributed by atoms with van der Waals surface area (Å²) in [6.45, 7) is 3.79. The van der Waals surface area contributed by atoms with Crippen molar-refractivity contribution >= 4 is 29.0 Å². The number of carbonyl (C=O) groups is 1. The zero-order valence-electron chi connectivity index (χ0n) is 20.1. The van der Waals surface area contributed by atoms with Crippen molar-refractivity contribution < 1.29 is 23.1 Å². The van der Waals surface area contributed by atoms with Gasteiger partial charge in [-0.3, -0.25) is 9.59 Å². The van der Waals surface area contributed by atoms with Gasteiger partial charge >= 0.3 is 0 Å². The van der Waals surface area contributed by atoms with Gasteiger partial charge in [0.2, 0.25) is 0 Å². The number of nitrogens with one attached hydrogen (secondary N) is 2. The van der Waals surface area contributed by atoms with Crippen molar-refractivity contribution in [1.29, 1.82) is 0 Å². The maximum atomic E-state index is 13.5. The maximum absolute atomic E-state index is 13.5. The van der Waals surface area contributed by atoms with Gasteiger partial charge in [0.15, 0.2) is 23.3 Å². The second-order valence-corrected chi connectivity index (χ2v) is 8.75. The number of rotatable bonds is 7. The zero-order valence-corrected chi connectivity index (χ0v) is 20.1. The molecule has 0 saturated carbocycles. The van der Waals surface area contributed by atoms with Gasteiger partial charge in [0.1, 0.15) is 5.56 Å². The number of aromatic nitrogens is 2. The number of pyridine rings is 1. The molecule has 0 saturated heterocycles. The van der Waals surface area contributed by atoms with Crippen LogP contribution in [0, 0.1) is 17.5 Å². The Balaban J connectivity index is 1.43. The van der Waals surface area contributed by atoms with Gasteiger partial charge in [0.05, 0.1) is 6.54 Å². The highest BCUT2D eigenvalue weighted by Gasteiger charge is 2.14. The van der Waals surface area contributed by atoms with Crippen LogP contribution in [0.2, 0.25) is 0 Å². The molecule has 2 aromatic carbocycles. The van der Waals surface area contributed by atoms with Gasteiger partial charge in [0, 0.05) is 29.2 Å². The summed E-state index contributed by atoms with van der Waals surface area (Å²) < 4.78 is 41.3. The van der Waals surface area contributed by atoms with E-state index in [1.807, 2.05) is 38.1 Å². The van der Waals surface area contributed by atoms with Crippen molar-refractivity contribution in [3.63, 3.8) is 0 Å². The Hall–Kier alpha value is -4.53. The van der Waals surface area contributed by atoms with Crippen LogP contribution in [0.4, 0.5) is 13.2 Å². The van der Waals surface area contributed by atoms with Crippen LogP contribution < -0.4 is 10.9 Å². The van der Waals surface area contributed by atoms with E-state index in [4.69, 9.17) is 0 Å². The third kappa shape index (κ3) is 5.66. The Kier molecular flexibility index (Phi) is 7.33. The van der Waals surface area contributed by atoms with E-state index in [-0.39, 0.29) is 30.1 Å². The Morgan fingerprint density at radius 2 is 1.84 bits per heavy atom. The first-order valence-electron chi connectivity index (χ1n) is 11.4. The lowest BCUT2D eigenvalue weighted by atomic mass is 10.1. The minimum Gasteiger partial charge on any atom is -0.494 e. The molecule has 3 N–H and O–H groups in total. The van der Waals surface area contributed by atoms with E-state index in [1.54, 1.807) is 12.2 Å². The molecule has 0 aliphatic carbocycles. The quantitative estimate of drug-likeness (QED) is 0.294. The lowest BCUT2D eigenvalue weighted by Crippen LogP contribution is -2.33. The number of nitrogens with zero attached hydrogens (tertiary/aromatic N) is 1. The van der Waals surface area contributed by atoms with E-state index in [0.717, 1.165) is 44.3 Å². The standard InChI is InChI=1S/C28H24F3N3O3/c1-16(2)11-21-19-8-7-17(14-24(19)33-27(21)36)5-3-9-32-26(35)20-6-4-10-34(28(20)37)15-18-12-22(29)25(31)23(30)13-18/h3-8,10-14,33,36H,9,15H2,1-2H3,(H,32,35). The molecule has 1 amide bonds. The van der Waals surface area contributed by atoms with Crippen LogP contribution in [0.5, 0.6) is 5.88 Å². The van der Waals surface area contributed by atoms with Gasteiger partial charge in [-0.1, -0.05) is 35.9 Å². The maximum Gasteiger partial charge on any atom is 0.263 e. The number of amides is 1. The number of aromatic hydroxyl groups is 1. The molecule has 0 atom stereocenters. The lowest BCUT2D eigenvalue weighted by molar-refractivity contribution is 0.0956. The van der Waals surface area contributed by atoms with Crippen LogP contribution in [0.1, 0.15) is 40.9 Å². The summed E-state index contributed by atoms with van der Waals surface area (Å²) in [5.41, 5.74) is 2.63. The molecule has 0 bridgehead atoms. The molecular weight excluding hydrogens is 483 g/mol. The molecule has 0 aliphatic heterocycles. The molecule has 2 aromatic heterocycles. The summed E-state index contributed by atoms with van der Waals surface area (Å²) in [5.74, 6) is -4.82. The number of benzene rings is 2. The number of hydrogen-bond donors (Lipinski definition) is 3. The molecule has 190 valence electrons. The lowest BCUT2D eigenvalue weighted by Gasteiger charge is -2.09. The van der Waals surface area contributed by atoms with Crippen molar-refractivity contribution in [3.05, 3.63) is 110 Å². The summed E-state index contributed by atoms with van der Waals surface area (Å²) in [4.78, 5) is 28.2. The molecular formula is C28H24F3N3O3. The Bertz CT molecular complexity index is 1590. The molecule has 2 heterocycles. The second kappa shape index (κ2) is 10.6. The van der Waals surface area contributed by atoms with Crippen molar-refractivity contribution in [2.45, 2.75) is 20.4 Å². The van der Waals surface area contributed by atoms with Crippen molar-refractivity contribution in [1.82, 2.24) is 14.9 Å². The minimum atomic E-state index is -1.59. The van der Waals surface area contributed by atoms with E-state index in [2.05, 4.69) is 10.3 Å². The molecule has 0 unspecified atom stereocenters. The first kappa shape index (κ1) is 25.6. The van der Waals surface area contributed by atoms with Gasteiger partial charge in [-0.05, 0) is 55.3 Å². The fraction of sp³-hybridized carbons (Fsp3) is 0.143. The fourth-order valence-corrected chi connectivity index (χ4v) is 3.93. The van der Waals surface area contributed by atoms with Gasteiger partial charge in [0.25, 0.3) is 11.5 Å². The highest BCUT2D eigenvalue weighted by molar-refractivity contribution is 5.94. The second-order valence-electron chi connectivity index (χ2n) is 8.75. The number of aromatic amines is 1. The third-order valence-corrected chi connectivity index (χ3v) is 5.63. The molecule has 0 spiro atoms. The Morgan fingerprint density at radius 3 is 2.54 bits per heavy atom. The molecule has 0 fully saturated rings. The van der Waals surface area contributed by atoms with Gasteiger partial charge in [-0.15, -0.1) is 0 Å². The number of H-pyrrole nitrogens is 1. The van der Waals surface area contributed by atoms with Crippen molar-refractivity contribution in [2.24, 2.45) is 0 Å². The van der Waals surface area contributed by atoms with Crippen LogP contribution in [0.3, 0.4) is 0 Å². The van der Waals surface area contributed by atoms with Crippen LogP contribution in [0.25, 0.3) is 23.1 Å². The number of allylic oxidation sites excluding steroid dienone is 1. The predicted molar refractivity (Wildman–Crippen MR) is 137 cm³/mol. The SMILES string of the molecule is CC(C)=Cc1c(O)[nH]c2cc(C=CCNC(=O)c3cccn(Cc4cc(F)c(F)c(F)c4)c3=O)ccc12. The van der Waals surface area contributed by atoms with E-state index >= 15 is 0 Å².